The van der Waals surface area contributed by atoms with E-state index < -0.39 is 0 Å². The standard InChI is InChI=1S/C14H15BrN4O/c1-9(16)10-4-2-5-11(8-10)18-14(20)19-13-12(15)6-3-7-17-13/h2-9H,16H2,1H3,(H2,17,18,19,20). The van der Waals surface area contributed by atoms with Crippen molar-refractivity contribution in [2.75, 3.05) is 10.6 Å². The van der Waals surface area contributed by atoms with Crippen molar-refractivity contribution in [3.8, 4) is 0 Å². The number of nitrogens with one attached hydrogen (secondary N) is 2. The first-order valence-corrected chi connectivity index (χ1v) is 6.89. The van der Waals surface area contributed by atoms with Crippen LogP contribution >= 0.6 is 15.9 Å². The molecule has 5 nitrogen and oxygen atoms in total. The van der Waals surface area contributed by atoms with Gasteiger partial charge in [-0.05, 0) is 52.7 Å². The molecule has 1 heterocycles. The first-order chi connectivity index (χ1) is 9.56. The van der Waals surface area contributed by atoms with E-state index in [0.29, 0.717) is 11.5 Å². The predicted octanol–water partition coefficient (Wildman–Crippen LogP) is 3.51. The molecule has 1 unspecified atom stereocenters. The van der Waals surface area contributed by atoms with Crippen LogP contribution in [0, 0.1) is 0 Å². The van der Waals surface area contributed by atoms with Gasteiger partial charge in [0.2, 0.25) is 0 Å². The second-order valence-corrected chi connectivity index (χ2v) is 5.18. The lowest BCUT2D eigenvalue weighted by atomic mass is 10.1. The maximum Gasteiger partial charge on any atom is 0.324 e. The summed E-state index contributed by atoms with van der Waals surface area (Å²) < 4.78 is 0.722. The van der Waals surface area contributed by atoms with Gasteiger partial charge in [-0.1, -0.05) is 12.1 Å². The zero-order valence-corrected chi connectivity index (χ0v) is 12.5. The van der Waals surface area contributed by atoms with Crippen molar-refractivity contribution in [2.45, 2.75) is 13.0 Å². The van der Waals surface area contributed by atoms with E-state index in [1.165, 1.54) is 0 Å². The summed E-state index contributed by atoms with van der Waals surface area (Å²) in [4.78, 5) is 16.0. The number of nitrogens with zero attached hydrogens (tertiary/aromatic N) is 1. The Morgan fingerprint density at radius 3 is 2.80 bits per heavy atom. The average molecular weight is 335 g/mol. The zero-order chi connectivity index (χ0) is 14.5. The van der Waals surface area contributed by atoms with Gasteiger partial charge < -0.3 is 11.1 Å². The fourth-order valence-corrected chi connectivity index (χ4v) is 2.00. The Balaban J connectivity index is 2.05. The lowest BCUT2D eigenvalue weighted by Gasteiger charge is -2.10. The number of pyridine rings is 1. The van der Waals surface area contributed by atoms with Crippen LogP contribution in [0.5, 0.6) is 0 Å². The van der Waals surface area contributed by atoms with E-state index in [2.05, 4.69) is 31.5 Å². The van der Waals surface area contributed by atoms with Crippen LogP contribution in [0.15, 0.2) is 47.1 Å². The molecule has 6 heteroatoms. The molecule has 0 aliphatic carbocycles. The highest BCUT2D eigenvalue weighted by atomic mass is 79.9. The van der Waals surface area contributed by atoms with E-state index in [4.69, 9.17) is 5.73 Å². The third kappa shape index (κ3) is 3.79. The lowest BCUT2D eigenvalue weighted by molar-refractivity contribution is 0.262. The molecule has 0 bridgehead atoms. The van der Waals surface area contributed by atoms with Crippen molar-refractivity contribution in [3.05, 3.63) is 52.6 Å². The van der Waals surface area contributed by atoms with Crippen LogP contribution in [-0.2, 0) is 0 Å². The number of amides is 2. The molecule has 1 aromatic carbocycles. The Kier molecular flexibility index (Phi) is 4.70. The average Bonchev–Trinajstić information content (AvgIpc) is 2.41. The molecule has 0 saturated carbocycles. The summed E-state index contributed by atoms with van der Waals surface area (Å²) in [6, 6.07) is 10.6. The van der Waals surface area contributed by atoms with Crippen LogP contribution in [-0.4, -0.2) is 11.0 Å². The Bertz CT molecular complexity index is 616. The molecule has 104 valence electrons. The summed E-state index contributed by atoms with van der Waals surface area (Å²) in [5.74, 6) is 0.466. The number of hydrogen-bond donors (Lipinski definition) is 3. The summed E-state index contributed by atoms with van der Waals surface area (Å²) >= 11 is 3.32. The normalized spacial score (nSPS) is 11.8. The van der Waals surface area contributed by atoms with E-state index in [0.717, 1.165) is 10.0 Å². The summed E-state index contributed by atoms with van der Waals surface area (Å²) in [5, 5.41) is 5.41. The van der Waals surface area contributed by atoms with Crippen LogP contribution in [0.2, 0.25) is 0 Å². The van der Waals surface area contributed by atoms with Gasteiger partial charge in [-0.3, -0.25) is 5.32 Å². The minimum atomic E-state index is -0.355. The number of hydrogen-bond acceptors (Lipinski definition) is 3. The van der Waals surface area contributed by atoms with Gasteiger partial charge in [0.15, 0.2) is 0 Å². The fraction of sp³-hybridized carbons (Fsp3) is 0.143. The van der Waals surface area contributed by atoms with Crippen molar-refractivity contribution in [3.63, 3.8) is 0 Å². The van der Waals surface area contributed by atoms with Crippen LogP contribution in [0.4, 0.5) is 16.3 Å². The second kappa shape index (κ2) is 6.49. The molecular formula is C14H15BrN4O. The number of anilines is 2. The van der Waals surface area contributed by atoms with Crippen molar-refractivity contribution >= 4 is 33.5 Å². The number of carbonyl (C=O) groups is 1. The number of urea groups is 1. The fourth-order valence-electron chi connectivity index (χ4n) is 1.65. The van der Waals surface area contributed by atoms with E-state index >= 15 is 0 Å². The Morgan fingerprint density at radius 1 is 1.30 bits per heavy atom. The van der Waals surface area contributed by atoms with Gasteiger partial charge in [0.05, 0.1) is 4.47 Å². The topological polar surface area (TPSA) is 80.0 Å². The highest BCUT2D eigenvalue weighted by molar-refractivity contribution is 9.10. The van der Waals surface area contributed by atoms with E-state index in [1.54, 1.807) is 24.4 Å². The minimum absolute atomic E-state index is 0.0789. The summed E-state index contributed by atoms with van der Waals surface area (Å²) in [5.41, 5.74) is 7.46. The number of halogens is 1. The number of aromatic nitrogens is 1. The molecule has 0 radical (unpaired) electrons. The van der Waals surface area contributed by atoms with Gasteiger partial charge >= 0.3 is 6.03 Å². The lowest BCUT2D eigenvalue weighted by Crippen LogP contribution is -2.20. The molecule has 1 aromatic heterocycles. The summed E-state index contributed by atoms with van der Waals surface area (Å²) in [6.07, 6.45) is 1.61. The highest BCUT2D eigenvalue weighted by Gasteiger charge is 2.07. The number of benzene rings is 1. The third-order valence-electron chi connectivity index (χ3n) is 2.66. The number of rotatable bonds is 3. The monoisotopic (exact) mass is 334 g/mol. The van der Waals surface area contributed by atoms with Gasteiger partial charge in [-0.25, -0.2) is 9.78 Å². The number of carbonyl (C=O) groups excluding carboxylic acids is 1. The first kappa shape index (κ1) is 14.5. The smallest absolute Gasteiger partial charge is 0.324 e. The minimum Gasteiger partial charge on any atom is -0.324 e. The summed E-state index contributed by atoms with van der Waals surface area (Å²) in [7, 11) is 0. The molecule has 2 rings (SSSR count). The van der Waals surface area contributed by atoms with Crippen molar-refractivity contribution in [1.82, 2.24) is 4.98 Å². The van der Waals surface area contributed by atoms with Gasteiger partial charge in [0.1, 0.15) is 5.82 Å². The quantitative estimate of drug-likeness (QED) is 0.803. The summed E-state index contributed by atoms with van der Waals surface area (Å²) in [6.45, 7) is 1.89. The maximum atomic E-state index is 11.9. The molecule has 2 aromatic rings. The molecular weight excluding hydrogens is 320 g/mol. The van der Waals surface area contributed by atoms with Crippen molar-refractivity contribution in [1.29, 1.82) is 0 Å². The van der Waals surface area contributed by atoms with Gasteiger partial charge in [0.25, 0.3) is 0 Å². The highest BCUT2D eigenvalue weighted by Crippen LogP contribution is 2.19. The molecule has 0 spiro atoms. The van der Waals surface area contributed by atoms with Crippen LogP contribution in [0.3, 0.4) is 0 Å². The van der Waals surface area contributed by atoms with Crippen molar-refractivity contribution < 1.29 is 4.79 Å². The van der Waals surface area contributed by atoms with Gasteiger partial charge in [0, 0.05) is 17.9 Å². The van der Waals surface area contributed by atoms with Gasteiger partial charge in [-0.15, -0.1) is 0 Å². The molecule has 0 saturated heterocycles. The van der Waals surface area contributed by atoms with Gasteiger partial charge in [-0.2, -0.15) is 0 Å². The molecule has 4 N–H and O–H groups in total. The second-order valence-electron chi connectivity index (χ2n) is 4.33. The first-order valence-electron chi connectivity index (χ1n) is 6.10. The van der Waals surface area contributed by atoms with Crippen LogP contribution in [0.25, 0.3) is 0 Å². The molecule has 2 amide bonds. The Labute approximate surface area is 125 Å². The molecule has 20 heavy (non-hydrogen) atoms. The van der Waals surface area contributed by atoms with E-state index in [-0.39, 0.29) is 12.1 Å². The molecule has 0 fully saturated rings. The van der Waals surface area contributed by atoms with Crippen molar-refractivity contribution in [2.24, 2.45) is 5.73 Å². The van der Waals surface area contributed by atoms with E-state index in [9.17, 15) is 4.79 Å². The largest absolute Gasteiger partial charge is 0.324 e. The SMILES string of the molecule is CC(N)c1cccc(NC(=O)Nc2ncccc2Br)c1. The Hall–Kier alpha value is -1.92. The number of nitrogens with two attached hydrogens (primary N) is 1. The molecule has 0 aliphatic heterocycles. The Morgan fingerprint density at radius 2 is 2.10 bits per heavy atom. The van der Waals surface area contributed by atoms with E-state index in [1.807, 2.05) is 25.1 Å². The van der Waals surface area contributed by atoms with Crippen LogP contribution < -0.4 is 16.4 Å². The zero-order valence-electron chi connectivity index (χ0n) is 10.9. The predicted molar refractivity (Wildman–Crippen MR) is 83.6 cm³/mol. The maximum absolute atomic E-state index is 11.9. The van der Waals surface area contributed by atoms with Crippen LogP contribution in [0.1, 0.15) is 18.5 Å². The third-order valence-corrected chi connectivity index (χ3v) is 3.30. The molecule has 1 atom stereocenters. The molecule has 0 aliphatic rings.